The number of aromatic nitrogens is 3. The molecule has 0 unspecified atom stereocenters. The largest absolute Gasteiger partial charge is 0.508 e. The van der Waals surface area contributed by atoms with Gasteiger partial charge in [-0.25, -0.2) is 0 Å². The van der Waals surface area contributed by atoms with Crippen LogP contribution in [0.5, 0.6) is 5.75 Å². The summed E-state index contributed by atoms with van der Waals surface area (Å²) in [6, 6.07) is 6.55. The minimum absolute atomic E-state index is 0.149. The number of anilines is 1. The number of phenols is 1. The Morgan fingerprint density at radius 2 is 1.89 bits per heavy atom. The molecule has 0 bridgehead atoms. The summed E-state index contributed by atoms with van der Waals surface area (Å²) in [5.74, 6) is 0.806. The monoisotopic (exact) mass is 260 g/mol. The highest BCUT2D eigenvalue weighted by Gasteiger charge is 2.22. The molecule has 3 N–H and O–H groups in total. The Morgan fingerprint density at radius 3 is 2.47 bits per heavy atom. The van der Waals surface area contributed by atoms with Crippen molar-refractivity contribution in [2.75, 3.05) is 5.32 Å². The van der Waals surface area contributed by atoms with Gasteiger partial charge < -0.3 is 5.11 Å². The molecule has 0 saturated heterocycles. The van der Waals surface area contributed by atoms with Gasteiger partial charge in [0.15, 0.2) is 5.82 Å². The number of rotatable bonds is 2. The molecule has 0 saturated carbocycles. The number of carbonyl (C=O) groups excluding carboxylic acids is 1. The van der Waals surface area contributed by atoms with Crippen molar-refractivity contribution in [3.63, 3.8) is 0 Å². The molecule has 0 aliphatic heterocycles. The van der Waals surface area contributed by atoms with Gasteiger partial charge in [0.05, 0.1) is 0 Å². The highest BCUT2D eigenvalue weighted by Crippen LogP contribution is 2.20. The number of hydrogen-bond acceptors (Lipinski definition) is 4. The van der Waals surface area contributed by atoms with Crippen LogP contribution >= 0.6 is 0 Å². The predicted octanol–water partition coefficient (Wildman–Crippen LogP) is 2.16. The summed E-state index contributed by atoms with van der Waals surface area (Å²) >= 11 is 0. The fourth-order valence-electron chi connectivity index (χ4n) is 1.36. The maximum atomic E-state index is 11.8. The van der Waals surface area contributed by atoms with Crippen LogP contribution in [0.3, 0.4) is 0 Å². The Morgan fingerprint density at radius 1 is 1.26 bits per heavy atom. The minimum Gasteiger partial charge on any atom is -0.508 e. The zero-order valence-electron chi connectivity index (χ0n) is 11.1. The second-order valence-corrected chi connectivity index (χ2v) is 5.26. The van der Waals surface area contributed by atoms with Crippen molar-refractivity contribution in [1.82, 2.24) is 15.2 Å². The number of nitrogens with zero attached hydrogens (tertiary/aromatic N) is 2. The number of H-pyrrole nitrogens is 1. The van der Waals surface area contributed by atoms with E-state index in [2.05, 4.69) is 20.5 Å². The van der Waals surface area contributed by atoms with E-state index in [9.17, 15) is 9.90 Å². The standard InChI is InChI=1S/C13H16N4O2/c1-13(2,3)11(19)15-12-14-10(16-17-12)8-4-6-9(18)7-5-8/h4-7,18H,1-3H3,(H2,14,15,16,17,19). The molecule has 0 radical (unpaired) electrons. The zero-order chi connectivity index (χ0) is 14.0. The summed E-state index contributed by atoms with van der Waals surface area (Å²) in [7, 11) is 0. The SMILES string of the molecule is CC(C)(C)C(=O)Nc1n[nH]c(-c2ccc(O)cc2)n1. The van der Waals surface area contributed by atoms with E-state index in [-0.39, 0.29) is 17.6 Å². The van der Waals surface area contributed by atoms with Crippen LogP contribution in [0.15, 0.2) is 24.3 Å². The van der Waals surface area contributed by atoms with E-state index in [1.54, 1.807) is 24.3 Å². The molecule has 1 amide bonds. The molecule has 0 aliphatic rings. The third kappa shape index (κ3) is 3.09. The number of nitrogens with one attached hydrogen (secondary N) is 2. The molecule has 0 fully saturated rings. The average Bonchev–Trinajstić information content (AvgIpc) is 2.77. The van der Waals surface area contributed by atoms with E-state index in [4.69, 9.17) is 0 Å². The first-order valence-electron chi connectivity index (χ1n) is 5.89. The predicted molar refractivity (Wildman–Crippen MR) is 71.6 cm³/mol. The summed E-state index contributed by atoms with van der Waals surface area (Å²) in [6.07, 6.45) is 0. The molecule has 1 aromatic carbocycles. The first-order valence-corrected chi connectivity index (χ1v) is 5.89. The van der Waals surface area contributed by atoms with Crippen LogP contribution in [-0.4, -0.2) is 26.2 Å². The topological polar surface area (TPSA) is 90.9 Å². The highest BCUT2D eigenvalue weighted by atomic mass is 16.3. The van der Waals surface area contributed by atoms with E-state index < -0.39 is 5.41 Å². The zero-order valence-corrected chi connectivity index (χ0v) is 11.1. The number of amides is 1. The molecule has 6 nitrogen and oxygen atoms in total. The normalized spacial score (nSPS) is 11.3. The molecule has 0 atom stereocenters. The maximum Gasteiger partial charge on any atom is 0.249 e. The molecule has 1 aromatic heterocycles. The van der Waals surface area contributed by atoms with Gasteiger partial charge in [0, 0.05) is 11.0 Å². The first kappa shape index (κ1) is 13.1. The van der Waals surface area contributed by atoms with Gasteiger partial charge in [0.1, 0.15) is 5.75 Å². The van der Waals surface area contributed by atoms with Crippen LogP contribution in [0.2, 0.25) is 0 Å². The summed E-state index contributed by atoms with van der Waals surface area (Å²) in [4.78, 5) is 16.0. The second-order valence-electron chi connectivity index (χ2n) is 5.26. The van der Waals surface area contributed by atoms with Crippen LogP contribution in [0.25, 0.3) is 11.4 Å². The van der Waals surface area contributed by atoms with Gasteiger partial charge in [-0.3, -0.25) is 15.2 Å². The van der Waals surface area contributed by atoms with Crippen LogP contribution < -0.4 is 5.32 Å². The van der Waals surface area contributed by atoms with Gasteiger partial charge in [-0.2, -0.15) is 4.98 Å². The van der Waals surface area contributed by atoms with E-state index in [0.29, 0.717) is 5.82 Å². The first-order chi connectivity index (χ1) is 8.86. The van der Waals surface area contributed by atoms with Crippen molar-refractivity contribution in [2.45, 2.75) is 20.8 Å². The van der Waals surface area contributed by atoms with Crippen molar-refractivity contribution in [3.8, 4) is 17.1 Å². The Balaban J connectivity index is 2.16. The fraction of sp³-hybridized carbons (Fsp3) is 0.308. The quantitative estimate of drug-likeness (QED) is 0.771. The lowest BCUT2D eigenvalue weighted by Crippen LogP contribution is -2.28. The van der Waals surface area contributed by atoms with E-state index in [1.807, 2.05) is 20.8 Å². The maximum absolute atomic E-state index is 11.8. The van der Waals surface area contributed by atoms with E-state index in [1.165, 1.54) is 0 Å². The van der Waals surface area contributed by atoms with Crippen LogP contribution in [0.4, 0.5) is 5.95 Å². The van der Waals surface area contributed by atoms with Crippen LogP contribution in [0, 0.1) is 5.41 Å². The van der Waals surface area contributed by atoms with Crippen molar-refractivity contribution >= 4 is 11.9 Å². The number of aromatic amines is 1. The van der Waals surface area contributed by atoms with Gasteiger partial charge in [-0.15, -0.1) is 5.10 Å². The molecule has 0 spiro atoms. The Bertz CT molecular complexity index is 581. The number of phenolic OH excluding ortho intramolecular Hbond substituents is 1. The number of hydrogen-bond donors (Lipinski definition) is 3. The molecule has 2 aromatic rings. The number of carbonyl (C=O) groups is 1. The van der Waals surface area contributed by atoms with Crippen molar-refractivity contribution in [2.24, 2.45) is 5.41 Å². The van der Waals surface area contributed by atoms with Gasteiger partial charge in [0.2, 0.25) is 11.9 Å². The van der Waals surface area contributed by atoms with E-state index >= 15 is 0 Å². The molecule has 6 heteroatoms. The summed E-state index contributed by atoms with van der Waals surface area (Å²) in [5, 5.41) is 18.5. The molecule has 1 heterocycles. The lowest BCUT2D eigenvalue weighted by molar-refractivity contribution is -0.123. The van der Waals surface area contributed by atoms with Crippen molar-refractivity contribution in [3.05, 3.63) is 24.3 Å². The van der Waals surface area contributed by atoms with Gasteiger partial charge in [-0.05, 0) is 24.3 Å². The molecule has 19 heavy (non-hydrogen) atoms. The average molecular weight is 260 g/mol. The molecular weight excluding hydrogens is 244 g/mol. The Labute approximate surface area is 110 Å². The van der Waals surface area contributed by atoms with E-state index in [0.717, 1.165) is 5.56 Å². The lowest BCUT2D eigenvalue weighted by Gasteiger charge is -2.15. The number of benzene rings is 1. The van der Waals surface area contributed by atoms with Gasteiger partial charge >= 0.3 is 0 Å². The smallest absolute Gasteiger partial charge is 0.249 e. The minimum atomic E-state index is -0.501. The third-order valence-corrected chi connectivity index (χ3v) is 2.53. The summed E-state index contributed by atoms with van der Waals surface area (Å²) in [5.41, 5.74) is 0.279. The van der Waals surface area contributed by atoms with Crippen LogP contribution in [-0.2, 0) is 4.79 Å². The Kier molecular flexibility index (Phi) is 3.25. The van der Waals surface area contributed by atoms with Gasteiger partial charge in [0.25, 0.3) is 0 Å². The second kappa shape index (κ2) is 4.72. The summed E-state index contributed by atoms with van der Waals surface area (Å²) in [6.45, 7) is 5.45. The van der Waals surface area contributed by atoms with Crippen LogP contribution in [0.1, 0.15) is 20.8 Å². The third-order valence-electron chi connectivity index (χ3n) is 2.53. The Hall–Kier alpha value is -2.37. The molecular formula is C13H16N4O2. The summed E-state index contributed by atoms with van der Waals surface area (Å²) < 4.78 is 0. The highest BCUT2D eigenvalue weighted by molar-refractivity contribution is 5.93. The lowest BCUT2D eigenvalue weighted by atomic mass is 9.96. The molecule has 2 rings (SSSR count). The van der Waals surface area contributed by atoms with Gasteiger partial charge in [-0.1, -0.05) is 20.8 Å². The van der Waals surface area contributed by atoms with Crippen molar-refractivity contribution < 1.29 is 9.90 Å². The molecule has 0 aliphatic carbocycles. The number of aromatic hydroxyl groups is 1. The van der Waals surface area contributed by atoms with Crippen molar-refractivity contribution in [1.29, 1.82) is 0 Å². The fourth-order valence-corrected chi connectivity index (χ4v) is 1.36. The molecule has 100 valence electrons.